The van der Waals surface area contributed by atoms with Crippen LogP contribution in [0.1, 0.15) is 18.1 Å². The van der Waals surface area contributed by atoms with E-state index < -0.39 is 12.2 Å². The molecule has 0 saturated heterocycles. The number of nitrogens with zero attached hydrogens (tertiary/aromatic N) is 3. The zero-order chi connectivity index (χ0) is 8.43. The van der Waals surface area contributed by atoms with Gasteiger partial charge in [-0.25, -0.2) is 13.8 Å². The van der Waals surface area contributed by atoms with Gasteiger partial charge in [-0.05, 0) is 0 Å². The van der Waals surface area contributed by atoms with Gasteiger partial charge in [-0.2, -0.15) is 0 Å². The molecule has 62 valence electrons. The van der Waals surface area contributed by atoms with Crippen LogP contribution >= 0.6 is 0 Å². The number of hydrogen-bond acceptors (Lipinski definition) is 3. The molecule has 0 aliphatic rings. The monoisotopic (exact) mass is 163 g/mol. The first-order valence-electron chi connectivity index (χ1n) is 2.94. The molecule has 0 aromatic carbocycles. The fourth-order valence-corrected chi connectivity index (χ4v) is 0.668. The van der Waals surface area contributed by atoms with Crippen LogP contribution in [0.2, 0.25) is 0 Å². The number of alkyl halides is 2. The first-order valence-corrected chi connectivity index (χ1v) is 2.94. The van der Waals surface area contributed by atoms with Gasteiger partial charge in [-0.3, -0.25) is 4.68 Å². The minimum Gasteiger partial charge on any atom is -0.388 e. The average Bonchev–Trinajstić information content (AvgIpc) is 2.31. The molecule has 0 bridgehead atoms. The minimum atomic E-state index is -2.68. The maximum Gasteiger partial charge on any atom is 0.299 e. The zero-order valence-electron chi connectivity index (χ0n) is 5.83. The molecule has 1 rings (SSSR count). The Morgan fingerprint density at radius 3 is 2.55 bits per heavy atom. The fraction of sp³-hybridized carbons (Fsp3) is 0.600. The summed E-state index contributed by atoms with van der Waals surface area (Å²) in [4.78, 5) is 3.38. The Hall–Kier alpha value is -1.04. The van der Waals surface area contributed by atoms with Crippen molar-refractivity contribution in [3.8, 4) is 0 Å². The smallest absolute Gasteiger partial charge is 0.299 e. The highest BCUT2D eigenvalue weighted by molar-refractivity contribution is 4.91. The van der Waals surface area contributed by atoms with Crippen LogP contribution in [0.5, 0.6) is 0 Å². The lowest BCUT2D eigenvalue weighted by molar-refractivity contribution is 0.140. The lowest BCUT2D eigenvalue weighted by Crippen LogP contribution is -1.98. The Kier molecular flexibility index (Phi) is 2.13. The molecule has 0 unspecified atom stereocenters. The second-order valence-electron chi connectivity index (χ2n) is 1.97. The maximum atomic E-state index is 11.9. The summed E-state index contributed by atoms with van der Waals surface area (Å²) in [6.07, 6.45) is -2.68. The molecule has 1 heterocycles. The Morgan fingerprint density at radius 2 is 2.27 bits per heavy atom. The van der Waals surface area contributed by atoms with E-state index in [1.807, 2.05) is 0 Å². The number of aliphatic hydroxyl groups excluding tert-OH is 1. The van der Waals surface area contributed by atoms with Crippen molar-refractivity contribution >= 4 is 0 Å². The summed E-state index contributed by atoms with van der Waals surface area (Å²) in [6, 6.07) is 0. The summed E-state index contributed by atoms with van der Waals surface area (Å²) in [5, 5.41) is 11.9. The van der Waals surface area contributed by atoms with Gasteiger partial charge in [0.05, 0.1) is 0 Å². The quantitative estimate of drug-likeness (QED) is 0.679. The summed E-state index contributed by atoms with van der Waals surface area (Å²) < 4.78 is 24.9. The van der Waals surface area contributed by atoms with Crippen LogP contribution in [-0.2, 0) is 13.7 Å². The summed E-state index contributed by atoms with van der Waals surface area (Å²) in [6.45, 7) is -0.379. The second kappa shape index (κ2) is 2.91. The van der Waals surface area contributed by atoms with Crippen LogP contribution in [0.25, 0.3) is 0 Å². The van der Waals surface area contributed by atoms with Gasteiger partial charge in [0, 0.05) is 7.05 Å². The highest BCUT2D eigenvalue weighted by Crippen LogP contribution is 2.13. The molecule has 11 heavy (non-hydrogen) atoms. The Morgan fingerprint density at radius 1 is 1.64 bits per heavy atom. The molecule has 1 aromatic rings. The molecule has 4 nitrogen and oxygen atoms in total. The highest BCUT2D eigenvalue weighted by Gasteiger charge is 2.14. The number of rotatable bonds is 2. The van der Waals surface area contributed by atoms with Gasteiger partial charge in [-0.1, -0.05) is 0 Å². The summed E-state index contributed by atoms with van der Waals surface area (Å²) in [7, 11) is 1.45. The number of aliphatic hydroxyl groups is 1. The summed E-state index contributed by atoms with van der Waals surface area (Å²) >= 11 is 0. The van der Waals surface area contributed by atoms with E-state index in [-0.39, 0.29) is 12.4 Å². The number of aryl methyl sites for hydroxylation is 1. The molecule has 0 amide bonds. The van der Waals surface area contributed by atoms with Crippen molar-refractivity contribution in [1.82, 2.24) is 14.8 Å². The zero-order valence-corrected chi connectivity index (χ0v) is 5.83. The molecular weight excluding hydrogens is 156 g/mol. The molecular formula is C5H7F2N3O. The molecule has 0 radical (unpaired) electrons. The number of aromatic nitrogens is 3. The minimum absolute atomic E-state index is 0.139. The van der Waals surface area contributed by atoms with Crippen molar-refractivity contribution in [3.05, 3.63) is 11.6 Å². The molecule has 1 N–H and O–H groups in total. The second-order valence-corrected chi connectivity index (χ2v) is 1.97. The van der Waals surface area contributed by atoms with E-state index in [0.29, 0.717) is 0 Å². The molecule has 6 heteroatoms. The van der Waals surface area contributed by atoms with Crippen LogP contribution < -0.4 is 0 Å². The highest BCUT2D eigenvalue weighted by atomic mass is 19.3. The van der Waals surface area contributed by atoms with E-state index in [1.54, 1.807) is 0 Å². The van der Waals surface area contributed by atoms with E-state index in [1.165, 1.54) is 7.05 Å². The van der Waals surface area contributed by atoms with Crippen molar-refractivity contribution < 1.29 is 13.9 Å². The summed E-state index contributed by atoms with van der Waals surface area (Å²) in [5.74, 6) is -0.406. The Labute approximate surface area is 61.5 Å². The van der Waals surface area contributed by atoms with Gasteiger partial charge in [0.15, 0.2) is 5.82 Å². The fourth-order valence-electron chi connectivity index (χ4n) is 0.668. The lowest BCUT2D eigenvalue weighted by atomic mass is 10.6. The molecule has 0 aliphatic carbocycles. The van der Waals surface area contributed by atoms with Gasteiger partial charge < -0.3 is 5.11 Å². The number of hydrogen-bond donors (Lipinski definition) is 1. The molecule has 0 saturated carbocycles. The van der Waals surface area contributed by atoms with Crippen LogP contribution in [0.4, 0.5) is 8.78 Å². The third kappa shape index (κ3) is 1.51. The van der Waals surface area contributed by atoms with Gasteiger partial charge >= 0.3 is 0 Å². The van der Waals surface area contributed by atoms with Crippen LogP contribution in [0, 0.1) is 0 Å². The van der Waals surface area contributed by atoms with E-state index in [4.69, 9.17) is 5.11 Å². The predicted molar refractivity (Wildman–Crippen MR) is 31.9 cm³/mol. The third-order valence-electron chi connectivity index (χ3n) is 1.21. The van der Waals surface area contributed by atoms with Crippen molar-refractivity contribution in [3.63, 3.8) is 0 Å². The largest absolute Gasteiger partial charge is 0.388 e. The van der Waals surface area contributed by atoms with E-state index in [9.17, 15) is 8.78 Å². The average molecular weight is 163 g/mol. The van der Waals surface area contributed by atoms with Gasteiger partial charge in [0.2, 0.25) is 5.82 Å². The normalized spacial score (nSPS) is 11.0. The van der Waals surface area contributed by atoms with Gasteiger partial charge in [-0.15, -0.1) is 5.10 Å². The van der Waals surface area contributed by atoms with Crippen LogP contribution in [0.3, 0.4) is 0 Å². The first-order chi connectivity index (χ1) is 5.15. The Bertz CT molecular complexity index is 248. The SMILES string of the molecule is Cn1nc(C(F)F)nc1CO. The van der Waals surface area contributed by atoms with Crippen molar-refractivity contribution in [2.45, 2.75) is 13.0 Å². The molecule has 0 fully saturated rings. The first kappa shape index (κ1) is 8.06. The Balaban J connectivity index is 2.95. The molecule has 1 aromatic heterocycles. The molecule has 0 atom stereocenters. The van der Waals surface area contributed by atoms with E-state index >= 15 is 0 Å². The van der Waals surface area contributed by atoms with Crippen LogP contribution in [-0.4, -0.2) is 19.9 Å². The van der Waals surface area contributed by atoms with Crippen molar-refractivity contribution in [2.24, 2.45) is 7.05 Å². The molecule has 0 spiro atoms. The maximum absolute atomic E-state index is 11.9. The summed E-state index contributed by atoms with van der Waals surface area (Å²) in [5.41, 5.74) is 0. The third-order valence-corrected chi connectivity index (χ3v) is 1.21. The molecule has 0 aliphatic heterocycles. The van der Waals surface area contributed by atoms with Gasteiger partial charge in [0.25, 0.3) is 6.43 Å². The standard InChI is InChI=1S/C5H7F2N3O/c1-10-3(2-11)8-5(9-10)4(6)7/h4,11H,2H2,1H3. The topological polar surface area (TPSA) is 50.9 Å². The predicted octanol–water partition coefficient (Wildman–Crippen LogP) is 0.245. The van der Waals surface area contributed by atoms with Crippen LogP contribution in [0.15, 0.2) is 0 Å². The lowest BCUT2D eigenvalue weighted by Gasteiger charge is -1.89. The number of halogens is 2. The van der Waals surface area contributed by atoms with Gasteiger partial charge in [0.1, 0.15) is 6.61 Å². The van der Waals surface area contributed by atoms with Crippen molar-refractivity contribution in [2.75, 3.05) is 0 Å². The van der Waals surface area contributed by atoms with E-state index in [2.05, 4.69) is 10.1 Å². The van der Waals surface area contributed by atoms with Crippen molar-refractivity contribution in [1.29, 1.82) is 0 Å². The van der Waals surface area contributed by atoms with E-state index in [0.717, 1.165) is 4.68 Å².